The topological polar surface area (TPSA) is 53.3 Å². The van der Waals surface area contributed by atoms with Gasteiger partial charge in [0, 0.05) is 13.5 Å². The number of hydrogen-bond donors (Lipinski definition) is 0. The van der Waals surface area contributed by atoms with Crippen molar-refractivity contribution in [2.24, 2.45) is 0 Å². The molecule has 5 nitrogen and oxygen atoms in total. The van der Waals surface area contributed by atoms with Gasteiger partial charge < -0.3 is 9.47 Å². The van der Waals surface area contributed by atoms with Gasteiger partial charge in [-0.2, -0.15) is 18.3 Å². The first-order valence-corrected chi connectivity index (χ1v) is 9.66. The number of carbonyl (C=O) groups excluding carboxylic acids is 1. The molecular weight excluding hydrogens is 361 g/mol. The summed E-state index contributed by atoms with van der Waals surface area (Å²) in [5, 5.41) is 4.27. The van der Waals surface area contributed by atoms with E-state index in [1.54, 1.807) is 24.9 Å². The average Bonchev–Trinajstić information content (AvgIpc) is 3.00. The molecule has 27 heavy (non-hydrogen) atoms. The van der Waals surface area contributed by atoms with Crippen molar-refractivity contribution in [2.45, 2.75) is 77.4 Å². The molecule has 0 radical (unpaired) electrons. The second-order valence-electron chi connectivity index (χ2n) is 6.53. The van der Waals surface area contributed by atoms with Crippen molar-refractivity contribution in [3.05, 3.63) is 17.5 Å². The molecule has 0 aliphatic carbocycles. The third-order valence-electron chi connectivity index (χ3n) is 4.33. The number of carbonyl (C=O) groups is 1. The molecule has 0 unspecified atom stereocenters. The number of rotatable bonds is 14. The SMILES string of the molecule is CCOC(=O)c1cnn(CCOC)c1CCCCCCCCCC(F)(F)F. The second-order valence-corrected chi connectivity index (χ2v) is 6.53. The summed E-state index contributed by atoms with van der Waals surface area (Å²) in [5.74, 6) is -0.360. The molecule has 0 aliphatic rings. The van der Waals surface area contributed by atoms with Crippen LogP contribution in [0.1, 0.15) is 74.3 Å². The molecule has 1 rings (SSSR count). The summed E-state index contributed by atoms with van der Waals surface area (Å²) >= 11 is 0. The van der Waals surface area contributed by atoms with Crippen LogP contribution < -0.4 is 0 Å². The van der Waals surface area contributed by atoms with E-state index in [0.29, 0.717) is 38.2 Å². The number of methoxy groups -OCH3 is 1. The summed E-state index contributed by atoms with van der Waals surface area (Å²) in [5.41, 5.74) is 1.36. The van der Waals surface area contributed by atoms with E-state index in [2.05, 4.69) is 5.10 Å². The summed E-state index contributed by atoms with van der Waals surface area (Å²) in [6, 6.07) is 0. The molecule has 0 saturated heterocycles. The maximum atomic E-state index is 12.1. The highest BCUT2D eigenvalue weighted by Gasteiger charge is 2.25. The Hall–Kier alpha value is -1.57. The van der Waals surface area contributed by atoms with Gasteiger partial charge in [-0.3, -0.25) is 4.68 Å². The molecule has 0 aliphatic heterocycles. The largest absolute Gasteiger partial charge is 0.462 e. The van der Waals surface area contributed by atoms with E-state index in [-0.39, 0.29) is 12.4 Å². The summed E-state index contributed by atoms with van der Waals surface area (Å²) in [7, 11) is 1.62. The molecule has 0 aromatic carbocycles. The minimum atomic E-state index is -4.04. The van der Waals surface area contributed by atoms with E-state index in [1.807, 2.05) is 0 Å². The first-order chi connectivity index (χ1) is 12.9. The van der Waals surface area contributed by atoms with Crippen molar-refractivity contribution in [1.82, 2.24) is 9.78 Å². The highest BCUT2D eigenvalue weighted by atomic mass is 19.4. The second kappa shape index (κ2) is 12.8. The van der Waals surface area contributed by atoms with Crippen molar-refractivity contribution in [1.29, 1.82) is 0 Å². The molecule has 0 atom stereocenters. The van der Waals surface area contributed by atoms with E-state index < -0.39 is 12.6 Å². The van der Waals surface area contributed by atoms with Crippen molar-refractivity contribution in [2.75, 3.05) is 20.3 Å². The zero-order valence-electron chi connectivity index (χ0n) is 16.3. The van der Waals surface area contributed by atoms with Gasteiger partial charge in [0.15, 0.2) is 0 Å². The lowest BCUT2D eigenvalue weighted by Gasteiger charge is -2.09. The number of esters is 1. The number of halogens is 3. The van der Waals surface area contributed by atoms with Gasteiger partial charge in [-0.15, -0.1) is 0 Å². The van der Waals surface area contributed by atoms with Gasteiger partial charge in [0.2, 0.25) is 0 Å². The van der Waals surface area contributed by atoms with Crippen LogP contribution in [0.3, 0.4) is 0 Å². The first kappa shape index (κ1) is 23.5. The maximum Gasteiger partial charge on any atom is 0.389 e. The lowest BCUT2D eigenvalue weighted by atomic mass is 10.0. The van der Waals surface area contributed by atoms with Crippen LogP contribution in [-0.4, -0.2) is 42.2 Å². The van der Waals surface area contributed by atoms with Crippen LogP contribution in [0.4, 0.5) is 13.2 Å². The fourth-order valence-corrected chi connectivity index (χ4v) is 2.93. The fraction of sp³-hybridized carbons (Fsp3) is 0.789. The van der Waals surface area contributed by atoms with Crippen molar-refractivity contribution < 1.29 is 27.4 Å². The smallest absolute Gasteiger partial charge is 0.389 e. The minimum Gasteiger partial charge on any atom is -0.462 e. The number of ether oxygens (including phenoxy) is 2. The standard InChI is InChI=1S/C19H31F3N2O3/c1-3-27-18(25)16-15-23-24(13-14-26-2)17(16)11-9-7-5-4-6-8-10-12-19(20,21)22/h15H,3-14H2,1-2H3. The molecule has 1 aromatic rings. The van der Waals surface area contributed by atoms with Crippen molar-refractivity contribution in [3.63, 3.8) is 0 Å². The summed E-state index contributed by atoms with van der Waals surface area (Å²) in [6.45, 7) is 3.16. The van der Waals surface area contributed by atoms with Crippen LogP contribution in [0.5, 0.6) is 0 Å². The van der Waals surface area contributed by atoms with Crippen LogP contribution in [-0.2, 0) is 22.4 Å². The van der Waals surface area contributed by atoms with Crippen LogP contribution >= 0.6 is 0 Å². The van der Waals surface area contributed by atoms with Crippen LogP contribution in [0.25, 0.3) is 0 Å². The van der Waals surface area contributed by atoms with E-state index in [4.69, 9.17) is 9.47 Å². The zero-order chi connectivity index (χ0) is 20.1. The van der Waals surface area contributed by atoms with Gasteiger partial charge in [0.1, 0.15) is 5.56 Å². The molecule has 1 heterocycles. The van der Waals surface area contributed by atoms with Crippen molar-refractivity contribution in [3.8, 4) is 0 Å². The quantitative estimate of drug-likeness (QED) is 0.333. The molecule has 0 bridgehead atoms. The van der Waals surface area contributed by atoms with Gasteiger partial charge in [0.05, 0.1) is 31.6 Å². The Balaban J connectivity index is 2.35. The maximum absolute atomic E-state index is 12.1. The van der Waals surface area contributed by atoms with E-state index in [1.165, 1.54) is 0 Å². The first-order valence-electron chi connectivity index (χ1n) is 9.66. The molecular formula is C19H31F3N2O3. The fourth-order valence-electron chi connectivity index (χ4n) is 2.93. The highest BCUT2D eigenvalue weighted by molar-refractivity contribution is 5.90. The molecule has 0 spiro atoms. The minimum absolute atomic E-state index is 0.213. The Morgan fingerprint density at radius 1 is 1.11 bits per heavy atom. The van der Waals surface area contributed by atoms with E-state index >= 15 is 0 Å². The number of alkyl halides is 3. The molecule has 0 amide bonds. The van der Waals surface area contributed by atoms with E-state index in [0.717, 1.165) is 37.8 Å². The van der Waals surface area contributed by atoms with Gasteiger partial charge in [-0.1, -0.05) is 32.1 Å². The lowest BCUT2D eigenvalue weighted by Crippen LogP contribution is -2.13. The Kier molecular flexibility index (Phi) is 11.1. The lowest BCUT2D eigenvalue weighted by molar-refractivity contribution is -0.135. The number of unbranched alkanes of at least 4 members (excludes halogenated alkanes) is 6. The molecule has 0 N–H and O–H groups in total. The predicted octanol–water partition coefficient (Wildman–Crippen LogP) is 4.93. The molecule has 1 aromatic heterocycles. The molecule has 0 saturated carbocycles. The summed E-state index contributed by atoms with van der Waals surface area (Å²) in [4.78, 5) is 12.1. The Bertz CT molecular complexity index is 545. The van der Waals surface area contributed by atoms with Gasteiger partial charge >= 0.3 is 12.1 Å². The predicted molar refractivity (Wildman–Crippen MR) is 96.8 cm³/mol. The number of nitrogens with zero attached hydrogens (tertiary/aromatic N) is 2. The third-order valence-corrected chi connectivity index (χ3v) is 4.33. The third kappa shape index (κ3) is 9.79. The number of aromatic nitrogens is 2. The van der Waals surface area contributed by atoms with Gasteiger partial charge in [0.25, 0.3) is 0 Å². The highest BCUT2D eigenvalue weighted by Crippen LogP contribution is 2.23. The molecule has 156 valence electrons. The Labute approximate surface area is 159 Å². The molecule has 8 heteroatoms. The average molecular weight is 392 g/mol. The zero-order valence-corrected chi connectivity index (χ0v) is 16.3. The monoisotopic (exact) mass is 392 g/mol. The van der Waals surface area contributed by atoms with Gasteiger partial charge in [-0.05, 0) is 26.2 Å². The van der Waals surface area contributed by atoms with Gasteiger partial charge in [-0.25, -0.2) is 4.79 Å². The Morgan fingerprint density at radius 2 is 1.74 bits per heavy atom. The normalized spacial score (nSPS) is 11.7. The Morgan fingerprint density at radius 3 is 2.33 bits per heavy atom. The summed E-state index contributed by atoms with van der Waals surface area (Å²) < 4.78 is 48.2. The number of hydrogen-bond acceptors (Lipinski definition) is 4. The summed E-state index contributed by atoms with van der Waals surface area (Å²) in [6.07, 6.45) is 2.98. The van der Waals surface area contributed by atoms with E-state index in [9.17, 15) is 18.0 Å². The van der Waals surface area contributed by atoms with Crippen LogP contribution in [0.15, 0.2) is 6.20 Å². The van der Waals surface area contributed by atoms with Crippen molar-refractivity contribution >= 4 is 5.97 Å². The molecule has 0 fully saturated rings. The van der Waals surface area contributed by atoms with Crippen LogP contribution in [0.2, 0.25) is 0 Å². The van der Waals surface area contributed by atoms with Crippen LogP contribution in [0, 0.1) is 0 Å².